The molecule has 0 aromatic carbocycles. The van der Waals surface area contributed by atoms with Gasteiger partial charge in [-0.25, -0.2) is 0 Å². The zero-order chi connectivity index (χ0) is 18.4. The van der Waals surface area contributed by atoms with Crippen molar-refractivity contribution in [1.29, 1.82) is 0 Å². The van der Waals surface area contributed by atoms with Crippen LogP contribution in [0.15, 0.2) is 34.4 Å². The van der Waals surface area contributed by atoms with E-state index in [4.69, 9.17) is 10.5 Å². The summed E-state index contributed by atoms with van der Waals surface area (Å²) >= 11 is 0.197. The van der Waals surface area contributed by atoms with Gasteiger partial charge in [-0.15, -0.1) is 5.10 Å². The molecule has 0 amide bonds. The number of halogens is 3. The van der Waals surface area contributed by atoms with Crippen molar-refractivity contribution in [2.24, 2.45) is 0 Å². The van der Waals surface area contributed by atoms with Gasteiger partial charge in [-0.3, -0.25) is 9.59 Å². The molecule has 0 aliphatic heterocycles. The van der Waals surface area contributed by atoms with Crippen LogP contribution in [0, 0.1) is 0 Å². The zero-order valence-corrected chi connectivity index (χ0v) is 13.3. The van der Waals surface area contributed by atoms with E-state index in [-0.39, 0.29) is 39.0 Å². The molecule has 0 saturated carbocycles. The summed E-state index contributed by atoms with van der Waals surface area (Å²) in [5.74, 6) is -0.790. The van der Waals surface area contributed by atoms with Gasteiger partial charge in [0.25, 0.3) is 5.56 Å². The summed E-state index contributed by atoms with van der Waals surface area (Å²) in [6.07, 6.45) is 0.839. The van der Waals surface area contributed by atoms with Gasteiger partial charge in [0.1, 0.15) is 5.82 Å². The predicted molar refractivity (Wildman–Crippen MR) is 83.8 cm³/mol. The highest BCUT2D eigenvalue weighted by Crippen LogP contribution is 2.33. The van der Waals surface area contributed by atoms with Crippen LogP contribution in [0.5, 0.6) is 0 Å². The van der Waals surface area contributed by atoms with E-state index in [1.807, 2.05) is 0 Å². The molecule has 0 fully saturated rings. The van der Waals surface area contributed by atoms with Crippen LogP contribution in [0.1, 0.15) is 10.6 Å². The number of nitrogen functional groups attached to an aromatic ring is 1. The highest BCUT2D eigenvalue weighted by Gasteiger charge is 2.36. The second kappa shape index (κ2) is 5.84. The van der Waals surface area contributed by atoms with Crippen LogP contribution in [0.2, 0.25) is 0 Å². The van der Waals surface area contributed by atoms with E-state index < -0.39 is 22.5 Å². The number of alkyl halides is 3. The number of allylic oxidation sites excluding steroid dienone is 4. The maximum absolute atomic E-state index is 12.8. The first-order valence-corrected chi connectivity index (χ1v) is 7.49. The lowest BCUT2D eigenvalue weighted by Gasteiger charge is -2.09. The van der Waals surface area contributed by atoms with Crippen LogP contribution in [0.25, 0.3) is 11.0 Å². The van der Waals surface area contributed by atoms with Crippen molar-refractivity contribution in [1.82, 2.24) is 14.6 Å². The predicted octanol–water partition coefficient (Wildman–Crippen LogP) is 1.80. The number of fused-ring (bicyclic) bond motifs is 1. The number of ketones is 1. The first-order chi connectivity index (χ1) is 11.7. The Hall–Kier alpha value is -2.95. The normalized spacial score (nSPS) is 16.6. The second-order valence-electron chi connectivity index (χ2n) is 4.84. The van der Waals surface area contributed by atoms with Crippen LogP contribution < -0.4 is 11.3 Å². The van der Waals surface area contributed by atoms with Crippen LogP contribution in [-0.2, 0) is 15.7 Å². The van der Waals surface area contributed by atoms with E-state index in [1.54, 1.807) is 0 Å². The van der Waals surface area contributed by atoms with Crippen LogP contribution in [0.4, 0.5) is 19.0 Å². The van der Waals surface area contributed by atoms with E-state index in [0.29, 0.717) is 0 Å². The van der Waals surface area contributed by atoms with Gasteiger partial charge < -0.3 is 10.5 Å². The van der Waals surface area contributed by atoms with Gasteiger partial charge in [-0.2, -0.15) is 22.7 Å². The van der Waals surface area contributed by atoms with Crippen LogP contribution >= 0.6 is 11.3 Å². The van der Waals surface area contributed by atoms with Crippen molar-refractivity contribution in [2.75, 3.05) is 12.8 Å². The van der Waals surface area contributed by atoms with Crippen molar-refractivity contribution >= 4 is 34.0 Å². The monoisotopic (exact) mass is 370 g/mol. The summed E-state index contributed by atoms with van der Waals surface area (Å²) in [6, 6.07) is 0. The summed E-state index contributed by atoms with van der Waals surface area (Å²) in [4.78, 5) is 27.5. The number of carbonyl (C=O) groups excluding carboxylic acids is 1. The highest BCUT2D eigenvalue weighted by molar-refractivity contribution is 7.16. The summed E-state index contributed by atoms with van der Waals surface area (Å²) in [7, 11) is 1.31. The maximum atomic E-state index is 12.8. The number of hydrogen-bond donors (Lipinski definition) is 1. The Morgan fingerprint density at radius 1 is 1.36 bits per heavy atom. The number of rotatable bonds is 2. The molecule has 0 unspecified atom stereocenters. The molecule has 7 nitrogen and oxygen atoms in total. The molecule has 25 heavy (non-hydrogen) atoms. The molecule has 2 aromatic rings. The number of Topliss-reactive ketones (excluding diaryl/α,β-unsaturated/α-hetero) is 1. The Bertz CT molecular complexity index is 1030. The number of methoxy groups -OCH3 is 1. The minimum absolute atomic E-state index is 0.0504. The number of nitrogens with two attached hydrogens (primary N) is 1. The first-order valence-electron chi connectivity index (χ1n) is 6.67. The van der Waals surface area contributed by atoms with Gasteiger partial charge in [0.2, 0.25) is 15.8 Å². The van der Waals surface area contributed by atoms with Gasteiger partial charge in [-0.05, 0) is 12.2 Å². The topological polar surface area (TPSA) is 99.6 Å². The molecule has 2 N–H and O–H groups in total. The van der Waals surface area contributed by atoms with Crippen molar-refractivity contribution in [3.8, 4) is 0 Å². The smallest absolute Gasteiger partial charge is 0.445 e. The molecule has 0 spiro atoms. The molecule has 130 valence electrons. The number of nitrogens with zero attached hydrogens (tertiary/aromatic N) is 3. The Balaban J connectivity index is 2.16. The molecule has 11 heteroatoms. The molecular weight excluding hydrogens is 361 g/mol. The Morgan fingerprint density at radius 2 is 2.08 bits per heavy atom. The Morgan fingerprint density at radius 3 is 2.72 bits per heavy atom. The SMILES string of the molecule is COC1=CC=CC(=Cc2c(N)n3nc(C(F)(F)F)sc3nc2=O)C1=O. The van der Waals surface area contributed by atoms with Crippen molar-refractivity contribution < 1.29 is 22.7 Å². The quantitative estimate of drug-likeness (QED) is 0.810. The standard InChI is InChI=1S/C14H9F3N4O3S/c1-24-8-4-2-3-6(9(8)22)5-7-10(18)21-13(19-11(7)23)25-12(20-21)14(15,16)17/h2-5H,18H2,1H3. The number of anilines is 1. The Kier molecular flexibility index (Phi) is 3.95. The number of carbonyl (C=O) groups is 1. The van der Waals surface area contributed by atoms with Crippen molar-refractivity contribution in [3.63, 3.8) is 0 Å². The summed E-state index contributed by atoms with van der Waals surface area (Å²) < 4.78 is 43.9. The fraction of sp³-hybridized carbons (Fsp3) is 0.143. The lowest BCUT2D eigenvalue weighted by molar-refractivity contribution is -0.138. The van der Waals surface area contributed by atoms with Crippen LogP contribution in [-0.4, -0.2) is 27.5 Å². The third-order valence-corrected chi connectivity index (χ3v) is 4.22. The first kappa shape index (κ1) is 16.9. The summed E-state index contributed by atoms with van der Waals surface area (Å²) in [5.41, 5.74) is 4.76. The van der Waals surface area contributed by atoms with E-state index in [0.717, 1.165) is 10.6 Å². The number of hydrogen-bond acceptors (Lipinski definition) is 7. The molecule has 1 aliphatic rings. The van der Waals surface area contributed by atoms with Gasteiger partial charge in [0.15, 0.2) is 5.76 Å². The number of ether oxygens (including phenoxy) is 1. The highest BCUT2D eigenvalue weighted by atomic mass is 32.1. The molecule has 3 rings (SSSR count). The van der Waals surface area contributed by atoms with E-state index in [1.165, 1.54) is 25.3 Å². The molecule has 2 heterocycles. The van der Waals surface area contributed by atoms with Crippen molar-refractivity contribution in [3.05, 3.63) is 50.5 Å². The van der Waals surface area contributed by atoms with Crippen LogP contribution in [0.3, 0.4) is 0 Å². The molecule has 0 bridgehead atoms. The summed E-state index contributed by atoms with van der Waals surface area (Å²) in [6.45, 7) is 0. The van der Waals surface area contributed by atoms with Gasteiger partial charge in [0, 0.05) is 5.57 Å². The molecular formula is C14H9F3N4O3S. The molecule has 2 aromatic heterocycles. The molecule has 0 radical (unpaired) electrons. The minimum Gasteiger partial charge on any atom is -0.493 e. The molecule has 0 saturated heterocycles. The van der Waals surface area contributed by atoms with E-state index in [9.17, 15) is 22.8 Å². The van der Waals surface area contributed by atoms with Gasteiger partial charge in [0.05, 0.1) is 12.7 Å². The third kappa shape index (κ3) is 2.93. The van der Waals surface area contributed by atoms with Crippen molar-refractivity contribution in [2.45, 2.75) is 6.18 Å². The van der Waals surface area contributed by atoms with E-state index >= 15 is 0 Å². The third-order valence-electron chi connectivity index (χ3n) is 3.26. The second-order valence-corrected chi connectivity index (χ2v) is 5.79. The summed E-state index contributed by atoms with van der Waals surface area (Å²) in [5, 5.41) is 2.16. The van der Waals surface area contributed by atoms with Gasteiger partial charge in [-0.1, -0.05) is 23.5 Å². The molecule has 0 atom stereocenters. The lowest BCUT2D eigenvalue weighted by Crippen LogP contribution is -2.18. The average molecular weight is 370 g/mol. The average Bonchev–Trinajstić information content (AvgIpc) is 2.97. The fourth-order valence-electron chi connectivity index (χ4n) is 2.09. The van der Waals surface area contributed by atoms with E-state index in [2.05, 4.69) is 10.1 Å². The lowest BCUT2D eigenvalue weighted by atomic mass is 10.0. The maximum Gasteiger partial charge on any atom is 0.445 e. The zero-order valence-electron chi connectivity index (χ0n) is 12.5. The minimum atomic E-state index is -4.69. The molecule has 1 aliphatic carbocycles. The Labute approximate surface area is 141 Å². The number of aromatic nitrogens is 3. The largest absolute Gasteiger partial charge is 0.493 e. The van der Waals surface area contributed by atoms with Gasteiger partial charge >= 0.3 is 6.18 Å². The fourth-order valence-corrected chi connectivity index (χ4v) is 2.86.